The van der Waals surface area contributed by atoms with E-state index in [9.17, 15) is 14.0 Å². The smallest absolute Gasteiger partial charge is 0.351 e. The van der Waals surface area contributed by atoms with Gasteiger partial charge in [-0.05, 0) is 60.5 Å². The summed E-state index contributed by atoms with van der Waals surface area (Å²) in [6, 6.07) is 20.0. The van der Waals surface area contributed by atoms with Gasteiger partial charge in [0.2, 0.25) is 11.6 Å². The predicted octanol–water partition coefficient (Wildman–Crippen LogP) is 4.18. The van der Waals surface area contributed by atoms with Gasteiger partial charge in [0.15, 0.2) is 0 Å². The number of amides is 1. The van der Waals surface area contributed by atoms with Crippen LogP contribution in [0.2, 0.25) is 0 Å². The Bertz CT molecular complexity index is 1560. The van der Waals surface area contributed by atoms with E-state index in [0.717, 1.165) is 16.7 Å². The molecule has 170 valence electrons. The molecule has 0 aliphatic heterocycles. The Morgan fingerprint density at radius 1 is 1.03 bits per heavy atom. The number of aryl methyl sites for hydroxylation is 1. The lowest BCUT2D eigenvalue weighted by Crippen LogP contribution is -2.28. The molecule has 0 aliphatic rings. The molecule has 2 aromatic heterocycles. The number of rotatable bonds is 6. The molecule has 8 nitrogen and oxygen atoms in total. The fourth-order valence-electron chi connectivity index (χ4n) is 3.62. The van der Waals surface area contributed by atoms with Crippen LogP contribution in [-0.2, 0) is 17.8 Å². The maximum atomic E-state index is 13.2. The highest BCUT2D eigenvalue weighted by Crippen LogP contribution is 2.26. The van der Waals surface area contributed by atoms with E-state index in [-0.39, 0.29) is 18.1 Å². The molecular formula is C25H20FN5O3. The van der Waals surface area contributed by atoms with Crippen LogP contribution in [0.3, 0.4) is 0 Å². The summed E-state index contributed by atoms with van der Waals surface area (Å²) < 4.78 is 21.5. The summed E-state index contributed by atoms with van der Waals surface area (Å²) >= 11 is 0. The monoisotopic (exact) mass is 457 g/mol. The summed E-state index contributed by atoms with van der Waals surface area (Å²) in [6.45, 7) is 1.73. The second-order valence-electron chi connectivity index (χ2n) is 7.66. The van der Waals surface area contributed by atoms with Crippen molar-refractivity contribution < 1.29 is 13.9 Å². The maximum Gasteiger partial charge on any atom is 0.351 e. The lowest BCUT2D eigenvalue weighted by atomic mass is 10.2. The summed E-state index contributed by atoms with van der Waals surface area (Å²) in [7, 11) is 0. The van der Waals surface area contributed by atoms with Gasteiger partial charge in [0, 0.05) is 5.69 Å². The number of hydrogen-bond donors (Lipinski definition) is 1. The normalized spacial score (nSPS) is 11.1. The average molecular weight is 457 g/mol. The summed E-state index contributed by atoms with van der Waals surface area (Å²) in [5.41, 5.74) is 2.35. The zero-order chi connectivity index (χ0) is 23.7. The van der Waals surface area contributed by atoms with Crippen molar-refractivity contribution in [2.45, 2.75) is 19.9 Å². The molecule has 0 spiro atoms. The number of carbonyl (C=O) groups excluding carboxylic acids is 1. The Hall–Kier alpha value is -4.53. The number of hydrogen-bond acceptors (Lipinski definition) is 5. The first-order chi connectivity index (χ1) is 16.5. The number of nitrogens with zero attached hydrogens (tertiary/aromatic N) is 4. The molecule has 1 amide bonds. The number of fused-ring (bicyclic) bond motifs is 3. The quantitative estimate of drug-likeness (QED) is 0.413. The van der Waals surface area contributed by atoms with Crippen molar-refractivity contribution in [3.8, 4) is 11.6 Å². The van der Waals surface area contributed by atoms with Crippen LogP contribution < -0.4 is 15.7 Å². The molecule has 0 radical (unpaired) electrons. The third kappa shape index (κ3) is 4.11. The zero-order valence-electron chi connectivity index (χ0n) is 18.2. The molecule has 0 bridgehead atoms. The first-order valence-electron chi connectivity index (χ1n) is 10.7. The Labute approximate surface area is 193 Å². The van der Waals surface area contributed by atoms with Gasteiger partial charge in [-0.2, -0.15) is 0 Å². The second-order valence-corrected chi connectivity index (χ2v) is 7.66. The van der Waals surface area contributed by atoms with Crippen molar-refractivity contribution in [3.63, 3.8) is 0 Å². The molecule has 0 saturated heterocycles. The molecule has 1 N–H and O–H groups in total. The van der Waals surface area contributed by atoms with Gasteiger partial charge in [-0.1, -0.05) is 31.2 Å². The first kappa shape index (κ1) is 21.3. The summed E-state index contributed by atoms with van der Waals surface area (Å²) in [6.07, 6.45) is 0.901. The van der Waals surface area contributed by atoms with E-state index in [1.807, 2.05) is 30.3 Å². The standard InChI is InChI=1S/C25H20FN5O3/c1-2-16-7-13-19(14-8-16)34-24-23-29-30(15-22(32)27-18-11-9-17(26)10-12-18)25(33)31(23)21-6-4-3-5-20(21)28-24/h3-14H,2,15H2,1H3,(H,27,32). The van der Waals surface area contributed by atoms with E-state index in [4.69, 9.17) is 4.74 Å². The van der Waals surface area contributed by atoms with Crippen molar-refractivity contribution in [1.82, 2.24) is 19.2 Å². The molecule has 0 unspecified atom stereocenters. The van der Waals surface area contributed by atoms with E-state index >= 15 is 0 Å². The van der Waals surface area contributed by atoms with Gasteiger partial charge in [-0.15, -0.1) is 5.10 Å². The van der Waals surface area contributed by atoms with Gasteiger partial charge in [0.05, 0.1) is 11.0 Å². The summed E-state index contributed by atoms with van der Waals surface area (Å²) in [5.74, 6) is -0.187. The van der Waals surface area contributed by atoms with Crippen molar-refractivity contribution >= 4 is 28.3 Å². The number of halogens is 1. The molecule has 3 aromatic carbocycles. The lowest BCUT2D eigenvalue weighted by Gasteiger charge is -2.08. The average Bonchev–Trinajstić information content (AvgIpc) is 3.17. The third-order valence-electron chi connectivity index (χ3n) is 5.34. The van der Waals surface area contributed by atoms with Crippen LogP contribution >= 0.6 is 0 Å². The van der Waals surface area contributed by atoms with Gasteiger partial charge in [-0.25, -0.2) is 23.3 Å². The van der Waals surface area contributed by atoms with Gasteiger partial charge in [0.1, 0.15) is 18.1 Å². The highest BCUT2D eigenvalue weighted by molar-refractivity contribution is 5.90. The molecule has 0 saturated carbocycles. The van der Waals surface area contributed by atoms with Crippen LogP contribution in [0.1, 0.15) is 12.5 Å². The Morgan fingerprint density at radius 3 is 2.50 bits per heavy atom. The Morgan fingerprint density at radius 2 is 1.76 bits per heavy atom. The van der Waals surface area contributed by atoms with Crippen molar-refractivity contribution in [1.29, 1.82) is 0 Å². The maximum absolute atomic E-state index is 13.2. The molecule has 0 fully saturated rings. The number of para-hydroxylation sites is 2. The number of ether oxygens (including phenoxy) is 1. The summed E-state index contributed by atoms with van der Waals surface area (Å²) in [5, 5.41) is 6.98. The van der Waals surface area contributed by atoms with Crippen LogP contribution in [0.15, 0.2) is 77.6 Å². The molecule has 5 aromatic rings. The van der Waals surface area contributed by atoms with Crippen LogP contribution in [-0.4, -0.2) is 25.1 Å². The van der Waals surface area contributed by atoms with Gasteiger partial charge in [-0.3, -0.25) is 4.79 Å². The molecule has 5 rings (SSSR count). The van der Waals surface area contributed by atoms with E-state index in [0.29, 0.717) is 22.5 Å². The third-order valence-corrected chi connectivity index (χ3v) is 5.34. The van der Waals surface area contributed by atoms with E-state index in [1.165, 1.54) is 28.7 Å². The highest BCUT2D eigenvalue weighted by atomic mass is 19.1. The first-order valence-corrected chi connectivity index (χ1v) is 10.7. The predicted molar refractivity (Wildman–Crippen MR) is 126 cm³/mol. The van der Waals surface area contributed by atoms with E-state index in [1.54, 1.807) is 18.2 Å². The largest absolute Gasteiger partial charge is 0.436 e. The molecule has 0 atom stereocenters. The fourth-order valence-corrected chi connectivity index (χ4v) is 3.62. The molecule has 34 heavy (non-hydrogen) atoms. The van der Waals surface area contributed by atoms with Crippen molar-refractivity contribution in [3.05, 3.63) is 94.7 Å². The minimum absolute atomic E-state index is 0.151. The fraction of sp³-hybridized carbons (Fsp3) is 0.120. The minimum Gasteiger partial charge on any atom is -0.436 e. The van der Waals surface area contributed by atoms with Crippen molar-refractivity contribution in [2.75, 3.05) is 5.32 Å². The van der Waals surface area contributed by atoms with Crippen LogP contribution in [0.4, 0.5) is 10.1 Å². The summed E-state index contributed by atoms with van der Waals surface area (Å²) in [4.78, 5) is 30.3. The van der Waals surface area contributed by atoms with E-state index in [2.05, 4.69) is 22.3 Å². The van der Waals surface area contributed by atoms with E-state index < -0.39 is 17.4 Å². The molecule has 9 heteroatoms. The van der Waals surface area contributed by atoms with Gasteiger partial charge in [0.25, 0.3) is 5.88 Å². The molecule has 2 heterocycles. The number of benzene rings is 3. The topological polar surface area (TPSA) is 90.5 Å². The Kier molecular flexibility index (Phi) is 5.51. The zero-order valence-corrected chi connectivity index (χ0v) is 18.2. The van der Waals surface area contributed by atoms with Crippen LogP contribution in [0, 0.1) is 5.82 Å². The number of nitrogens with one attached hydrogen (secondary N) is 1. The molecular weight excluding hydrogens is 437 g/mol. The number of aromatic nitrogens is 4. The molecule has 0 aliphatic carbocycles. The van der Waals surface area contributed by atoms with Crippen LogP contribution in [0.5, 0.6) is 11.6 Å². The minimum atomic E-state index is -0.506. The van der Waals surface area contributed by atoms with Crippen molar-refractivity contribution in [2.24, 2.45) is 0 Å². The lowest BCUT2D eigenvalue weighted by molar-refractivity contribution is -0.117. The number of anilines is 1. The van der Waals surface area contributed by atoms with Crippen LogP contribution in [0.25, 0.3) is 16.7 Å². The van der Waals surface area contributed by atoms with Gasteiger partial charge >= 0.3 is 5.69 Å². The van der Waals surface area contributed by atoms with Gasteiger partial charge < -0.3 is 10.1 Å². The second kappa shape index (κ2) is 8.78. The SMILES string of the molecule is CCc1ccc(Oc2nc3ccccc3n3c(=O)n(CC(=O)Nc4ccc(F)cc4)nc23)cc1. The highest BCUT2D eigenvalue weighted by Gasteiger charge is 2.19. The Balaban J connectivity index is 1.53. The number of carbonyl (C=O) groups is 1.